The molecule has 0 aliphatic heterocycles. The van der Waals surface area contributed by atoms with Crippen molar-refractivity contribution in [3.8, 4) is 5.75 Å². The van der Waals surface area contributed by atoms with Crippen LogP contribution in [-0.2, 0) is 5.41 Å². The molecule has 1 nitrogen and oxygen atoms in total. The van der Waals surface area contributed by atoms with Crippen molar-refractivity contribution in [2.75, 3.05) is 0 Å². The molecule has 1 heteroatoms. The van der Waals surface area contributed by atoms with Crippen molar-refractivity contribution in [2.24, 2.45) is 5.41 Å². The molecule has 18 heavy (non-hydrogen) atoms. The minimum atomic E-state index is 0.203. The smallest absolute Gasteiger partial charge is 0.119 e. The van der Waals surface area contributed by atoms with E-state index < -0.39 is 0 Å². The van der Waals surface area contributed by atoms with Crippen LogP contribution in [-0.4, -0.2) is 6.10 Å². The van der Waals surface area contributed by atoms with E-state index in [1.165, 1.54) is 12.0 Å². The van der Waals surface area contributed by atoms with Crippen LogP contribution in [0.2, 0.25) is 0 Å². The van der Waals surface area contributed by atoms with Crippen LogP contribution in [0.1, 0.15) is 60.5 Å². The molecular formula is C17H28O. The second kappa shape index (κ2) is 5.34. The normalized spacial score (nSPS) is 12.9. The lowest BCUT2D eigenvalue weighted by atomic mass is 9.72. The van der Waals surface area contributed by atoms with E-state index >= 15 is 0 Å². The summed E-state index contributed by atoms with van der Waals surface area (Å²) in [5.74, 6) is 0.959. The third-order valence-corrected chi connectivity index (χ3v) is 2.98. The van der Waals surface area contributed by atoms with Crippen LogP contribution in [0.25, 0.3) is 0 Å². The van der Waals surface area contributed by atoms with Gasteiger partial charge >= 0.3 is 0 Å². The quantitative estimate of drug-likeness (QED) is 0.712. The molecule has 1 aromatic rings. The van der Waals surface area contributed by atoms with Gasteiger partial charge in [0.05, 0.1) is 6.10 Å². The molecule has 0 N–H and O–H groups in total. The van der Waals surface area contributed by atoms with Crippen molar-refractivity contribution in [1.29, 1.82) is 0 Å². The fourth-order valence-electron chi connectivity index (χ4n) is 2.68. The van der Waals surface area contributed by atoms with Gasteiger partial charge in [-0.3, -0.25) is 0 Å². The number of rotatable bonds is 4. The Bertz CT molecular complexity index is 366. The molecule has 0 heterocycles. The Labute approximate surface area is 113 Å². The topological polar surface area (TPSA) is 9.23 Å². The second-order valence-electron chi connectivity index (χ2n) is 7.31. The Hall–Kier alpha value is -0.980. The molecule has 0 bridgehead atoms. The fourth-order valence-corrected chi connectivity index (χ4v) is 2.68. The zero-order chi connectivity index (χ0) is 14.0. The number of ether oxygens (including phenoxy) is 1. The van der Waals surface area contributed by atoms with E-state index in [0.717, 1.165) is 5.75 Å². The Balaban J connectivity index is 2.84. The third-order valence-electron chi connectivity index (χ3n) is 2.98. The molecule has 0 amide bonds. The molecule has 1 rings (SSSR count). The molecule has 0 radical (unpaired) electrons. The first-order valence-electron chi connectivity index (χ1n) is 6.87. The van der Waals surface area contributed by atoms with E-state index in [0.29, 0.717) is 5.41 Å². The highest BCUT2D eigenvalue weighted by atomic mass is 16.5. The zero-order valence-corrected chi connectivity index (χ0v) is 13.0. The summed E-state index contributed by atoms with van der Waals surface area (Å²) >= 11 is 0. The Morgan fingerprint density at radius 3 is 1.83 bits per heavy atom. The van der Waals surface area contributed by atoms with Crippen LogP contribution in [0.5, 0.6) is 5.75 Å². The van der Waals surface area contributed by atoms with E-state index in [1.54, 1.807) is 0 Å². The van der Waals surface area contributed by atoms with Crippen molar-refractivity contribution < 1.29 is 4.74 Å². The molecule has 0 saturated carbocycles. The van der Waals surface area contributed by atoms with Crippen LogP contribution in [0.3, 0.4) is 0 Å². The summed E-state index contributed by atoms with van der Waals surface area (Å²) in [5, 5.41) is 0. The lowest BCUT2D eigenvalue weighted by Gasteiger charge is -2.33. The Morgan fingerprint density at radius 1 is 0.944 bits per heavy atom. The molecule has 0 aliphatic rings. The Morgan fingerprint density at radius 2 is 1.44 bits per heavy atom. The van der Waals surface area contributed by atoms with Gasteiger partial charge in [-0.2, -0.15) is 0 Å². The summed E-state index contributed by atoms with van der Waals surface area (Å²) in [7, 11) is 0. The van der Waals surface area contributed by atoms with Gasteiger partial charge in [-0.25, -0.2) is 0 Å². The predicted octanol–water partition coefficient (Wildman–Crippen LogP) is 5.19. The van der Waals surface area contributed by atoms with E-state index in [9.17, 15) is 0 Å². The van der Waals surface area contributed by atoms with Gasteiger partial charge in [-0.1, -0.05) is 46.8 Å². The van der Waals surface area contributed by atoms with E-state index in [4.69, 9.17) is 4.74 Å². The summed E-state index contributed by atoms with van der Waals surface area (Å²) < 4.78 is 5.68. The highest BCUT2D eigenvalue weighted by Crippen LogP contribution is 2.36. The summed E-state index contributed by atoms with van der Waals surface area (Å²) in [4.78, 5) is 0. The average Bonchev–Trinajstić information content (AvgIpc) is 2.13. The van der Waals surface area contributed by atoms with Crippen molar-refractivity contribution in [2.45, 2.75) is 66.4 Å². The molecule has 1 aromatic carbocycles. The number of hydrogen-bond donors (Lipinski definition) is 0. The van der Waals surface area contributed by atoms with Gasteiger partial charge in [-0.05, 0) is 48.8 Å². The molecule has 0 saturated heterocycles. The van der Waals surface area contributed by atoms with Crippen LogP contribution in [0, 0.1) is 5.41 Å². The second-order valence-corrected chi connectivity index (χ2v) is 7.31. The Kier molecular flexibility index (Phi) is 4.47. The maximum Gasteiger partial charge on any atom is 0.119 e. The van der Waals surface area contributed by atoms with Gasteiger partial charge < -0.3 is 4.74 Å². The summed E-state index contributed by atoms with van der Waals surface area (Å²) in [6, 6.07) is 8.56. The van der Waals surface area contributed by atoms with Crippen molar-refractivity contribution >= 4 is 0 Å². The van der Waals surface area contributed by atoms with Crippen LogP contribution in [0.4, 0.5) is 0 Å². The van der Waals surface area contributed by atoms with Crippen molar-refractivity contribution in [1.82, 2.24) is 0 Å². The van der Waals surface area contributed by atoms with Gasteiger partial charge in [-0.15, -0.1) is 0 Å². The maximum atomic E-state index is 5.68. The van der Waals surface area contributed by atoms with Gasteiger partial charge in [0.25, 0.3) is 0 Å². The summed E-state index contributed by atoms with van der Waals surface area (Å²) in [6.45, 7) is 15.6. The molecule has 0 aromatic heterocycles. The van der Waals surface area contributed by atoms with Crippen LogP contribution >= 0.6 is 0 Å². The maximum absolute atomic E-state index is 5.68. The largest absolute Gasteiger partial charge is 0.491 e. The van der Waals surface area contributed by atoms with Crippen LogP contribution < -0.4 is 4.74 Å². The minimum Gasteiger partial charge on any atom is -0.491 e. The first kappa shape index (κ1) is 15.1. The van der Waals surface area contributed by atoms with Gasteiger partial charge in [0, 0.05) is 0 Å². The molecule has 0 spiro atoms. The number of hydrogen-bond acceptors (Lipinski definition) is 1. The third kappa shape index (κ3) is 4.72. The predicted molar refractivity (Wildman–Crippen MR) is 79.3 cm³/mol. The van der Waals surface area contributed by atoms with Crippen molar-refractivity contribution in [3.63, 3.8) is 0 Å². The first-order chi connectivity index (χ1) is 8.10. The summed E-state index contributed by atoms with van der Waals surface area (Å²) in [5.41, 5.74) is 1.93. The lowest BCUT2D eigenvalue weighted by molar-refractivity contribution is 0.242. The highest BCUT2D eigenvalue weighted by molar-refractivity contribution is 5.31. The lowest BCUT2D eigenvalue weighted by Crippen LogP contribution is -2.24. The molecule has 0 fully saturated rings. The monoisotopic (exact) mass is 248 g/mol. The first-order valence-corrected chi connectivity index (χ1v) is 6.87. The number of benzene rings is 1. The standard InChI is InChI=1S/C17H28O/c1-13(2)18-15-10-8-14(9-11-15)17(6,7)12-16(3,4)5/h8-11,13H,12H2,1-7H3. The highest BCUT2D eigenvalue weighted by Gasteiger charge is 2.27. The van der Waals surface area contributed by atoms with Crippen molar-refractivity contribution in [3.05, 3.63) is 29.8 Å². The van der Waals surface area contributed by atoms with E-state index in [2.05, 4.69) is 72.7 Å². The molecule has 0 unspecified atom stereocenters. The summed E-state index contributed by atoms with van der Waals surface area (Å²) in [6.07, 6.45) is 1.41. The fraction of sp³-hybridized carbons (Fsp3) is 0.647. The van der Waals surface area contributed by atoms with E-state index in [-0.39, 0.29) is 11.5 Å². The minimum absolute atomic E-state index is 0.203. The van der Waals surface area contributed by atoms with Crippen LogP contribution in [0.15, 0.2) is 24.3 Å². The van der Waals surface area contributed by atoms with Gasteiger partial charge in [0.2, 0.25) is 0 Å². The SMILES string of the molecule is CC(C)Oc1ccc(C(C)(C)CC(C)(C)C)cc1. The molecule has 102 valence electrons. The molecular weight excluding hydrogens is 220 g/mol. The van der Waals surface area contributed by atoms with Gasteiger partial charge in [0.1, 0.15) is 5.75 Å². The van der Waals surface area contributed by atoms with E-state index in [1.807, 2.05) is 0 Å². The zero-order valence-electron chi connectivity index (χ0n) is 13.0. The van der Waals surface area contributed by atoms with Gasteiger partial charge in [0.15, 0.2) is 0 Å². The molecule has 0 aliphatic carbocycles. The molecule has 0 atom stereocenters. The average molecular weight is 248 g/mol.